The number of aliphatic hydroxyl groups excluding tert-OH is 1. The summed E-state index contributed by atoms with van der Waals surface area (Å²) in [7, 11) is -3.50. The number of aliphatic hydroxyl groups is 1. The molecule has 1 amide bonds. The van der Waals surface area contributed by atoms with Gasteiger partial charge >= 0.3 is 0 Å². The highest BCUT2D eigenvalue weighted by Crippen LogP contribution is 2.20. The van der Waals surface area contributed by atoms with Crippen LogP contribution in [0.25, 0.3) is 0 Å². The monoisotopic (exact) mass is 340 g/mol. The van der Waals surface area contributed by atoms with Crippen molar-refractivity contribution in [3.63, 3.8) is 0 Å². The van der Waals surface area contributed by atoms with Gasteiger partial charge in [-0.3, -0.25) is 4.79 Å². The first-order chi connectivity index (χ1) is 11.1. The van der Waals surface area contributed by atoms with Gasteiger partial charge in [0.2, 0.25) is 10.0 Å². The number of carbonyl (C=O) groups excluding carboxylic acids is 1. The van der Waals surface area contributed by atoms with Crippen molar-refractivity contribution in [3.8, 4) is 0 Å². The third-order valence-corrected chi connectivity index (χ3v) is 5.88. The Labute approximate surface area is 137 Å². The Hall–Kier alpha value is -1.44. The van der Waals surface area contributed by atoms with Crippen LogP contribution < -0.4 is 5.32 Å². The lowest BCUT2D eigenvalue weighted by atomic mass is 10.1. The molecule has 128 valence electrons. The van der Waals surface area contributed by atoms with Crippen molar-refractivity contribution < 1.29 is 18.3 Å². The first kappa shape index (κ1) is 17.9. The van der Waals surface area contributed by atoms with Crippen LogP contribution in [0.3, 0.4) is 0 Å². The Morgan fingerprint density at radius 3 is 2.17 bits per heavy atom. The van der Waals surface area contributed by atoms with E-state index >= 15 is 0 Å². The number of nitrogens with zero attached hydrogens (tertiary/aromatic N) is 1. The zero-order chi connectivity index (χ0) is 16.7. The van der Waals surface area contributed by atoms with Crippen LogP contribution >= 0.6 is 0 Å². The zero-order valence-corrected chi connectivity index (χ0v) is 14.0. The molecule has 0 radical (unpaired) electrons. The minimum atomic E-state index is -3.50. The number of hydrogen-bond donors (Lipinski definition) is 2. The summed E-state index contributed by atoms with van der Waals surface area (Å²) in [5.41, 5.74) is 0.380. The van der Waals surface area contributed by atoms with Crippen LogP contribution in [0, 0.1) is 0 Å². The number of sulfonamides is 1. The summed E-state index contributed by atoms with van der Waals surface area (Å²) in [6.45, 7) is 1.15. The molecule has 2 N–H and O–H groups in total. The van der Waals surface area contributed by atoms with Crippen molar-refractivity contribution in [2.24, 2.45) is 0 Å². The van der Waals surface area contributed by atoms with Crippen LogP contribution in [0.15, 0.2) is 29.2 Å². The molecule has 0 aliphatic carbocycles. The number of amides is 1. The standard InChI is InChI=1S/C16H24N2O4S/c19-13-10-17-16(20)14-6-8-15(9-7-14)23(21,22)18-11-4-2-1-3-5-12-18/h6-9,19H,1-5,10-13H2,(H,17,20). The Kier molecular flexibility index (Phi) is 6.56. The van der Waals surface area contributed by atoms with E-state index in [1.807, 2.05) is 0 Å². The molecule has 1 aromatic carbocycles. The van der Waals surface area contributed by atoms with E-state index in [4.69, 9.17) is 5.11 Å². The second-order valence-electron chi connectivity index (χ2n) is 5.68. The quantitative estimate of drug-likeness (QED) is 0.847. The average Bonchev–Trinajstić information content (AvgIpc) is 2.52. The topological polar surface area (TPSA) is 86.7 Å². The lowest BCUT2D eigenvalue weighted by Crippen LogP contribution is -2.34. The number of nitrogens with one attached hydrogen (secondary N) is 1. The van der Waals surface area contributed by atoms with Crippen LogP contribution in [0.5, 0.6) is 0 Å². The molecular formula is C16H24N2O4S. The number of benzene rings is 1. The largest absolute Gasteiger partial charge is 0.395 e. The van der Waals surface area contributed by atoms with E-state index < -0.39 is 10.0 Å². The molecule has 23 heavy (non-hydrogen) atoms. The van der Waals surface area contributed by atoms with E-state index in [1.165, 1.54) is 30.7 Å². The molecule has 1 fully saturated rings. The third-order valence-electron chi connectivity index (χ3n) is 3.97. The van der Waals surface area contributed by atoms with Crippen LogP contribution in [-0.2, 0) is 10.0 Å². The van der Waals surface area contributed by atoms with Gasteiger partial charge in [-0.15, -0.1) is 0 Å². The molecule has 1 aliphatic rings. The Morgan fingerprint density at radius 1 is 1.04 bits per heavy atom. The van der Waals surface area contributed by atoms with E-state index in [-0.39, 0.29) is 24.0 Å². The molecule has 6 nitrogen and oxygen atoms in total. The summed E-state index contributed by atoms with van der Waals surface area (Å²) in [5, 5.41) is 11.2. The van der Waals surface area contributed by atoms with Gasteiger partial charge in [-0.25, -0.2) is 8.42 Å². The van der Waals surface area contributed by atoms with E-state index in [1.54, 1.807) is 4.31 Å². The predicted molar refractivity (Wildman–Crippen MR) is 87.7 cm³/mol. The molecule has 0 bridgehead atoms. The zero-order valence-electron chi connectivity index (χ0n) is 13.2. The molecule has 0 unspecified atom stereocenters. The van der Waals surface area contributed by atoms with E-state index in [0.29, 0.717) is 18.7 Å². The number of rotatable bonds is 5. The maximum absolute atomic E-state index is 12.7. The van der Waals surface area contributed by atoms with Gasteiger partial charge in [0.25, 0.3) is 5.91 Å². The van der Waals surface area contributed by atoms with Gasteiger partial charge in [-0.05, 0) is 37.1 Å². The highest BCUT2D eigenvalue weighted by molar-refractivity contribution is 7.89. The summed E-state index contributed by atoms with van der Waals surface area (Å²) in [6, 6.07) is 5.96. The molecule has 1 saturated heterocycles. The smallest absolute Gasteiger partial charge is 0.251 e. The van der Waals surface area contributed by atoms with Gasteiger partial charge in [0.15, 0.2) is 0 Å². The Morgan fingerprint density at radius 2 is 1.61 bits per heavy atom. The lowest BCUT2D eigenvalue weighted by Gasteiger charge is -2.24. The van der Waals surface area contributed by atoms with Gasteiger partial charge < -0.3 is 10.4 Å². The fourth-order valence-corrected chi connectivity index (χ4v) is 4.17. The summed E-state index contributed by atoms with van der Waals surface area (Å²) < 4.78 is 26.9. The van der Waals surface area contributed by atoms with Gasteiger partial charge in [0.05, 0.1) is 11.5 Å². The molecule has 0 atom stereocenters. The van der Waals surface area contributed by atoms with E-state index in [2.05, 4.69) is 5.32 Å². The second kappa shape index (κ2) is 8.42. The maximum Gasteiger partial charge on any atom is 0.251 e. The van der Waals surface area contributed by atoms with Crippen molar-refractivity contribution in [1.29, 1.82) is 0 Å². The highest BCUT2D eigenvalue weighted by atomic mass is 32.2. The van der Waals surface area contributed by atoms with Crippen molar-refractivity contribution in [3.05, 3.63) is 29.8 Å². The lowest BCUT2D eigenvalue weighted by molar-refractivity contribution is 0.0944. The maximum atomic E-state index is 12.7. The predicted octanol–water partition coefficient (Wildman–Crippen LogP) is 1.36. The summed E-state index contributed by atoms with van der Waals surface area (Å²) >= 11 is 0. The first-order valence-electron chi connectivity index (χ1n) is 8.05. The minimum absolute atomic E-state index is 0.132. The fraction of sp³-hybridized carbons (Fsp3) is 0.562. The average molecular weight is 340 g/mol. The molecular weight excluding hydrogens is 316 g/mol. The first-order valence-corrected chi connectivity index (χ1v) is 9.49. The molecule has 1 heterocycles. The van der Waals surface area contributed by atoms with Crippen molar-refractivity contribution >= 4 is 15.9 Å². The Balaban J connectivity index is 2.11. The molecule has 0 spiro atoms. The summed E-state index contributed by atoms with van der Waals surface area (Å²) in [6.07, 6.45) is 5.08. The highest BCUT2D eigenvalue weighted by Gasteiger charge is 2.24. The van der Waals surface area contributed by atoms with Gasteiger partial charge in [0, 0.05) is 25.2 Å². The van der Waals surface area contributed by atoms with Crippen LogP contribution in [0.1, 0.15) is 42.5 Å². The summed E-state index contributed by atoms with van der Waals surface area (Å²) in [5.74, 6) is -0.325. The minimum Gasteiger partial charge on any atom is -0.395 e. The molecule has 2 rings (SSSR count). The van der Waals surface area contributed by atoms with Crippen molar-refractivity contribution in [1.82, 2.24) is 9.62 Å². The number of carbonyl (C=O) groups is 1. The molecule has 0 saturated carbocycles. The number of hydrogen-bond acceptors (Lipinski definition) is 4. The van der Waals surface area contributed by atoms with Crippen LogP contribution in [0.4, 0.5) is 0 Å². The van der Waals surface area contributed by atoms with Crippen molar-refractivity contribution in [2.75, 3.05) is 26.2 Å². The van der Waals surface area contributed by atoms with Crippen LogP contribution in [0.2, 0.25) is 0 Å². The SMILES string of the molecule is O=C(NCCO)c1ccc(S(=O)(=O)N2CCCCCCC2)cc1. The molecule has 1 aliphatic heterocycles. The second-order valence-corrected chi connectivity index (χ2v) is 7.61. The normalized spacial score (nSPS) is 17.3. The van der Waals surface area contributed by atoms with Gasteiger partial charge in [-0.2, -0.15) is 4.31 Å². The summed E-state index contributed by atoms with van der Waals surface area (Å²) in [4.78, 5) is 12.0. The Bertz CT molecular complexity index is 605. The molecule has 0 aromatic heterocycles. The van der Waals surface area contributed by atoms with E-state index in [0.717, 1.165) is 25.7 Å². The molecule has 1 aromatic rings. The fourth-order valence-electron chi connectivity index (χ4n) is 2.66. The van der Waals surface area contributed by atoms with E-state index in [9.17, 15) is 13.2 Å². The van der Waals surface area contributed by atoms with Gasteiger partial charge in [-0.1, -0.05) is 19.3 Å². The molecule has 7 heteroatoms. The van der Waals surface area contributed by atoms with Crippen molar-refractivity contribution in [2.45, 2.75) is 37.0 Å². The van der Waals surface area contributed by atoms with Crippen LogP contribution in [-0.4, -0.2) is 50.0 Å². The van der Waals surface area contributed by atoms with Gasteiger partial charge in [0.1, 0.15) is 0 Å². The third kappa shape index (κ3) is 4.76.